The number of Topliss-reactive ketones (excluding diaryl/α,β-unsaturated/α-hetero) is 1. The molecule has 1 fully saturated rings. The van der Waals surface area contributed by atoms with Crippen molar-refractivity contribution in [3.05, 3.63) is 39.8 Å². The normalized spacial score (nSPS) is 17.2. The van der Waals surface area contributed by atoms with E-state index in [1.807, 2.05) is 0 Å². The van der Waals surface area contributed by atoms with E-state index in [4.69, 9.17) is 5.53 Å². The average molecular weight is 293 g/mol. The summed E-state index contributed by atoms with van der Waals surface area (Å²) in [6.45, 7) is 0. The number of ketones is 1. The largest absolute Gasteiger partial charge is 0.295 e. The summed E-state index contributed by atoms with van der Waals surface area (Å²) in [5.74, 6) is -0.0228. The fourth-order valence-electron chi connectivity index (χ4n) is 2.06. The molecule has 0 spiro atoms. The Labute approximate surface area is 115 Å². The second-order valence-electron chi connectivity index (χ2n) is 4.33. The molecule has 0 radical (unpaired) electrons. The van der Waals surface area contributed by atoms with Crippen LogP contribution in [0.25, 0.3) is 16.5 Å². The summed E-state index contributed by atoms with van der Waals surface area (Å²) in [4.78, 5) is 13.7. The third-order valence-corrected chi connectivity index (χ3v) is 3.88. The van der Waals surface area contributed by atoms with Crippen LogP contribution < -0.4 is 0 Å². The maximum absolute atomic E-state index is 11.6. The molecule has 0 unspecified atom stereocenters. The zero-order valence-corrected chi connectivity index (χ0v) is 11.2. The van der Waals surface area contributed by atoms with Gasteiger partial charge in [-0.3, -0.25) is 9.35 Å². The number of hydrogen-bond acceptors (Lipinski definition) is 4. The van der Waals surface area contributed by atoms with Gasteiger partial charge in [-0.25, -0.2) is 0 Å². The fraction of sp³-hybridized carbons (Fsp3) is 0.250. The molecule has 0 heterocycles. The predicted octanol–water partition coefficient (Wildman–Crippen LogP) is 3.01. The average Bonchev–Trinajstić information content (AvgIpc) is 2.76. The second-order valence-corrected chi connectivity index (χ2v) is 5.72. The quantitative estimate of drug-likeness (QED) is 0.302. The molecule has 7 nitrogen and oxygen atoms in total. The SMILES string of the molecule is [N-]=[N+]=Nc1ccc(C=C2CCCC2=O)c(S(=O)(=O)O)c1. The van der Waals surface area contributed by atoms with E-state index in [1.165, 1.54) is 18.2 Å². The summed E-state index contributed by atoms with van der Waals surface area (Å²) >= 11 is 0. The highest BCUT2D eigenvalue weighted by Gasteiger charge is 2.20. The van der Waals surface area contributed by atoms with Crippen LogP contribution in [0.15, 0.2) is 33.8 Å². The Bertz CT molecular complexity index is 746. The van der Waals surface area contributed by atoms with Crippen LogP contribution in [-0.4, -0.2) is 18.8 Å². The predicted molar refractivity (Wildman–Crippen MR) is 71.9 cm³/mol. The van der Waals surface area contributed by atoms with E-state index in [1.54, 1.807) is 0 Å². The molecule has 0 bridgehead atoms. The van der Waals surface area contributed by atoms with Crippen LogP contribution >= 0.6 is 0 Å². The number of carbonyl (C=O) groups excluding carboxylic acids is 1. The molecule has 0 aliphatic heterocycles. The fourth-order valence-corrected chi connectivity index (χ4v) is 2.75. The molecule has 2 rings (SSSR count). The van der Waals surface area contributed by atoms with Crippen molar-refractivity contribution in [2.45, 2.75) is 24.2 Å². The Kier molecular flexibility index (Phi) is 3.89. The van der Waals surface area contributed by atoms with Gasteiger partial charge in [0.2, 0.25) is 0 Å². The molecule has 0 amide bonds. The number of nitrogens with zero attached hydrogens (tertiary/aromatic N) is 3. The van der Waals surface area contributed by atoms with Gasteiger partial charge in [0.15, 0.2) is 5.78 Å². The molecule has 1 aliphatic carbocycles. The summed E-state index contributed by atoms with van der Waals surface area (Å²) in [5, 5.41) is 3.29. The van der Waals surface area contributed by atoms with Gasteiger partial charge in [-0.05, 0) is 41.7 Å². The van der Waals surface area contributed by atoms with Crippen molar-refractivity contribution in [3.8, 4) is 0 Å². The number of benzene rings is 1. The maximum Gasteiger partial charge on any atom is 0.295 e. The van der Waals surface area contributed by atoms with Crippen LogP contribution in [0, 0.1) is 0 Å². The zero-order valence-electron chi connectivity index (χ0n) is 10.4. The van der Waals surface area contributed by atoms with Gasteiger partial charge in [0.05, 0.1) is 0 Å². The minimum Gasteiger partial charge on any atom is -0.295 e. The Morgan fingerprint density at radius 2 is 2.10 bits per heavy atom. The van der Waals surface area contributed by atoms with Gasteiger partial charge in [0.1, 0.15) is 4.90 Å². The standard InChI is InChI=1S/C12H11N3O4S/c13-15-14-10-5-4-9(12(7-10)20(17,18)19)6-8-2-1-3-11(8)16/h4-7H,1-3H2,(H,17,18,19). The van der Waals surface area contributed by atoms with Crippen LogP contribution in [0.1, 0.15) is 24.8 Å². The van der Waals surface area contributed by atoms with E-state index in [-0.39, 0.29) is 21.9 Å². The monoisotopic (exact) mass is 293 g/mol. The molecular weight excluding hydrogens is 282 g/mol. The second kappa shape index (κ2) is 5.46. The lowest BCUT2D eigenvalue weighted by atomic mass is 10.1. The minimum absolute atomic E-state index is 0.0228. The molecule has 20 heavy (non-hydrogen) atoms. The first-order valence-corrected chi connectivity index (χ1v) is 7.26. The molecule has 8 heteroatoms. The Morgan fingerprint density at radius 1 is 1.35 bits per heavy atom. The summed E-state index contributed by atoms with van der Waals surface area (Å²) in [7, 11) is -4.47. The van der Waals surface area contributed by atoms with Crippen LogP contribution in [0.3, 0.4) is 0 Å². The molecule has 0 atom stereocenters. The first-order valence-electron chi connectivity index (χ1n) is 5.82. The zero-order chi connectivity index (χ0) is 14.8. The van der Waals surface area contributed by atoms with Gasteiger partial charge in [-0.15, -0.1) is 0 Å². The molecule has 1 saturated carbocycles. The summed E-state index contributed by atoms with van der Waals surface area (Å²) in [5.41, 5.74) is 9.14. The Balaban J connectivity index is 2.58. The van der Waals surface area contributed by atoms with Crippen molar-refractivity contribution in [1.82, 2.24) is 0 Å². The van der Waals surface area contributed by atoms with Gasteiger partial charge in [-0.2, -0.15) is 8.42 Å². The molecule has 1 aliphatic rings. The van der Waals surface area contributed by atoms with E-state index in [0.717, 1.165) is 12.5 Å². The molecule has 104 valence electrons. The van der Waals surface area contributed by atoms with Crippen molar-refractivity contribution in [1.29, 1.82) is 0 Å². The maximum atomic E-state index is 11.6. The van der Waals surface area contributed by atoms with Crippen LogP contribution in [-0.2, 0) is 14.9 Å². The van der Waals surface area contributed by atoms with Crippen LogP contribution in [0.5, 0.6) is 0 Å². The van der Waals surface area contributed by atoms with Gasteiger partial charge in [0.25, 0.3) is 10.1 Å². The highest BCUT2D eigenvalue weighted by Crippen LogP contribution is 2.28. The van der Waals surface area contributed by atoms with E-state index in [0.29, 0.717) is 18.4 Å². The van der Waals surface area contributed by atoms with Crippen molar-refractivity contribution in [3.63, 3.8) is 0 Å². The van der Waals surface area contributed by atoms with Gasteiger partial charge >= 0.3 is 0 Å². The first-order chi connectivity index (χ1) is 9.41. The highest BCUT2D eigenvalue weighted by molar-refractivity contribution is 7.86. The number of carbonyl (C=O) groups is 1. The smallest absolute Gasteiger partial charge is 0.295 e. The third-order valence-electron chi connectivity index (χ3n) is 2.97. The lowest BCUT2D eigenvalue weighted by molar-refractivity contribution is -0.114. The van der Waals surface area contributed by atoms with Crippen molar-refractivity contribution in [2.24, 2.45) is 5.11 Å². The topological polar surface area (TPSA) is 120 Å². The van der Waals surface area contributed by atoms with Gasteiger partial charge in [0, 0.05) is 17.0 Å². The van der Waals surface area contributed by atoms with E-state index in [2.05, 4.69) is 10.0 Å². The first kappa shape index (κ1) is 14.3. The minimum atomic E-state index is -4.47. The molecular formula is C12H11N3O4S. The summed E-state index contributed by atoms with van der Waals surface area (Å²) < 4.78 is 32.0. The van der Waals surface area contributed by atoms with Crippen LogP contribution in [0.2, 0.25) is 0 Å². The van der Waals surface area contributed by atoms with Crippen molar-refractivity contribution in [2.75, 3.05) is 0 Å². The van der Waals surface area contributed by atoms with Crippen molar-refractivity contribution >= 4 is 27.7 Å². The highest BCUT2D eigenvalue weighted by atomic mass is 32.2. The number of azide groups is 1. The van der Waals surface area contributed by atoms with Crippen LogP contribution in [0.4, 0.5) is 5.69 Å². The lowest BCUT2D eigenvalue weighted by Crippen LogP contribution is -2.01. The Hall–Kier alpha value is -2.15. The van der Waals surface area contributed by atoms with Gasteiger partial charge < -0.3 is 0 Å². The number of rotatable bonds is 3. The van der Waals surface area contributed by atoms with E-state index in [9.17, 15) is 17.8 Å². The van der Waals surface area contributed by atoms with E-state index < -0.39 is 10.1 Å². The molecule has 1 N–H and O–H groups in total. The summed E-state index contributed by atoms with van der Waals surface area (Å²) in [6, 6.07) is 3.88. The Morgan fingerprint density at radius 3 is 2.65 bits per heavy atom. The molecule has 1 aromatic rings. The molecule has 0 saturated heterocycles. The van der Waals surface area contributed by atoms with Crippen molar-refractivity contribution < 1.29 is 17.8 Å². The van der Waals surface area contributed by atoms with E-state index >= 15 is 0 Å². The third kappa shape index (κ3) is 3.05. The number of allylic oxidation sites excluding steroid dienone is 1. The lowest BCUT2D eigenvalue weighted by Gasteiger charge is -2.05. The molecule has 0 aromatic heterocycles. The molecule has 1 aromatic carbocycles. The number of hydrogen-bond donors (Lipinski definition) is 1. The van der Waals surface area contributed by atoms with Gasteiger partial charge in [-0.1, -0.05) is 17.2 Å². The summed E-state index contributed by atoms with van der Waals surface area (Å²) in [6.07, 6.45) is 3.23.